The molecule has 1 aromatic carbocycles. The lowest BCUT2D eigenvalue weighted by atomic mass is 10.0. The van der Waals surface area contributed by atoms with Crippen molar-refractivity contribution in [3.8, 4) is 0 Å². The Morgan fingerprint density at radius 1 is 1.53 bits per heavy atom. The average Bonchev–Trinajstić information content (AvgIpc) is 2.93. The molecule has 2 N–H and O–H groups in total. The van der Waals surface area contributed by atoms with E-state index in [4.69, 9.17) is 11.6 Å². The Morgan fingerprint density at radius 3 is 3.21 bits per heavy atom. The first-order valence-corrected chi connectivity index (χ1v) is 7.19. The van der Waals surface area contributed by atoms with E-state index in [1.165, 1.54) is 11.1 Å². The number of rotatable bonds is 2. The maximum absolute atomic E-state index is 12.0. The molecule has 0 saturated heterocycles. The Kier molecular flexibility index (Phi) is 3.44. The van der Waals surface area contributed by atoms with E-state index < -0.39 is 0 Å². The van der Waals surface area contributed by atoms with Crippen molar-refractivity contribution in [1.29, 1.82) is 0 Å². The van der Waals surface area contributed by atoms with Crippen LogP contribution in [0.3, 0.4) is 0 Å². The quantitative estimate of drug-likeness (QED) is 0.892. The normalized spacial score (nSPS) is 17.8. The predicted molar refractivity (Wildman–Crippen MR) is 73.4 cm³/mol. The van der Waals surface area contributed by atoms with Crippen molar-refractivity contribution >= 4 is 29.3 Å². The summed E-state index contributed by atoms with van der Waals surface area (Å²) in [5.74, 6) is 0.745. The van der Waals surface area contributed by atoms with Gasteiger partial charge in [0.1, 0.15) is 0 Å². The molecule has 1 aliphatic rings. The fourth-order valence-corrected chi connectivity index (χ4v) is 3.34. The van der Waals surface area contributed by atoms with Crippen molar-refractivity contribution in [2.75, 3.05) is 5.75 Å². The molecule has 1 unspecified atom stereocenters. The van der Waals surface area contributed by atoms with Gasteiger partial charge in [-0.2, -0.15) is 15.4 Å². The third-order valence-corrected chi connectivity index (χ3v) is 4.32. The molecule has 1 aliphatic heterocycles. The number of halogens is 1. The molecule has 0 spiro atoms. The zero-order valence-electron chi connectivity index (χ0n) is 9.89. The molecular weight excluding hydrogens is 284 g/mol. The molecule has 0 radical (unpaired) electrons. The number of hydrogen-bond acceptors (Lipinski definition) is 4. The Balaban J connectivity index is 1.84. The van der Waals surface area contributed by atoms with Crippen LogP contribution in [0, 0.1) is 0 Å². The second-order valence-corrected chi connectivity index (χ2v) is 5.77. The molecule has 0 bridgehead atoms. The van der Waals surface area contributed by atoms with Gasteiger partial charge < -0.3 is 5.32 Å². The molecule has 98 valence electrons. The number of aromatic amines is 1. The summed E-state index contributed by atoms with van der Waals surface area (Å²) in [6.07, 6.45) is 2.29. The second kappa shape index (κ2) is 5.22. The summed E-state index contributed by atoms with van der Waals surface area (Å²) in [5.41, 5.74) is 1.36. The van der Waals surface area contributed by atoms with Gasteiger partial charge in [-0.1, -0.05) is 11.6 Å². The van der Waals surface area contributed by atoms with E-state index in [1.807, 2.05) is 18.2 Å². The summed E-state index contributed by atoms with van der Waals surface area (Å²) in [6.45, 7) is 0. The molecule has 1 amide bonds. The number of carbonyl (C=O) groups is 1. The monoisotopic (exact) mass is 294 g/mol. The van der Waals surface area contributed by atoms with Gasteiger partial charge in [-0.05, 0) is 30.2 Å². The van der Waals surface area contributed by atoms with E-state index in [0.29, 0.717) is 10.7 Å². The van der Waals surface area contributed by atoms with E-state index in [1.54, 1.807) is 11.8 Å². The van der Waals surface area contributed by atoms with Gasteiger partial charge in [0.15, 0.2) is 5.69 Å². The van der Waals surface area contributed by atoms with E-state index in [2.05, 4.69) is 20.7 Å². The molecular formula is C12H11ClN4OS. The van der Waals surface area contributed by atoms with Crippen molar-refractivity contribution in [1.82, 2.24) is 20.7 Å². The SMILES string of the molecule is O=C(NC1CCSc2ccc(Cl)cc21)c1cn[nH]n1. The second-order valence-electron chi connectivity index (χ2n) is 4.20. The molecule has 0 aliphatic carbocycles. The number of amides is 1. The highest BCUT2D eigenvalue weighted by atomic mass is 35.5. The number of carbonyl (C=O) groups excluding carboxylic acids is 1. The van der Waals surface area contributed by atoms with E-state index >= 15 is 0 Å². The van der Waals surface area contributed by atoms with Crippen LogP contribution >= 0.6 is 23.4 Å². The van der Waals surface area contributed by atoms with Gasteiger partial charge in [-0.25, -0.2) is 0 Å². The third-order valence-electron chi connectivity index (χ3n) is 2.96. The summed E-state index contributed by atoms with van der Waals surface area (Å²) >= 11 is 7.81. The maximum Gasteiger partial charge on any atom is 0.273 e. The van der Waals surface area contributed by atoms with Crippen LogP contribution in [0.1, 0.15) is 28.5 Å². The van der Waals surface area contributed by atoms with E-state index in [0.717, 1.165) is 17.7 Å². The molecule has 1 atom stereocenters. The first kappa shape index (κ1) is 12.5. The minimum absolute atomic E-state index is 0.0286. The number of thioether (sulfide) groups is 1. The first-order valence-electron chi connectivity index (χ1n) is 5.83. The Bertz CT molecular complexity index is 602. The predicted octanol–water partition coefficient (Wildman–Crippen LogP) is 2.42. The summed E-state index contributed by atoms with van der Waals surface area (Å²) in [7, 11) is 0. The number of hydrogen-bond donors (Lipinski definition) is 2. The van der Waals surface area contributed by atoms with Crippen molar-refractivity contribution in [3.05, 3.63) is 40.7 Å². The van der Waals surface area contributed by atoms with Gasteiger partial charge in [0.05, 0.1) is 12.2 Å². The maximum atomic E-state index is 12.0. The van der Waals surface area contributed by atoms with Crippen molar-refractivity contribution in [3.63, 3.8) is 0 Å². The summed E-state index contributed by atoms with van der Waals surface area (Å²) in [5, 5.41) is 13.5. The smallest absolute Gasteiger partial charge is 0.273 e. The zero-order valence-corrected chi connectivity index (χ0v) is 11.5. The van der Waals surface area contributed by atoms with Gasteiger partial charge >= 0.3 is 0 Å². The van der Waals surface area contributed by atoms with Crippen LogP contribution in [0.15, 0.2) is 29.3 Å². The van der Waals surface area contributed by atoms with Crippen LogP contribution in [-0.4, -0.2) is 27.1 Å². The van der Waals surface area contributed by atoms with Gasteiger partial charge in [-0.3, -0.25) is 4.79 Å². The minimum atomic E-state index is -0.225. The summed E-state index contributed by atoms with van der Waals surface area (Å²) in [4.78, 5) is 13.2. The first-order chi connectivity index (χ1) is 9.24. The molecule has 0 fully saturated rings. The van der Waals surface area contributed by atoms with Crippen LogP contribution < -0.4 is 5.32 Å². The largest absolute Gasteiger partial charge is 0.344 e. The highest BCUT2D eigenvalue weighted by molar-refractivity contribution is 7.99. The van der Waals surface area contributed by atoms with E-state index in [9.17, 15) is 4.79 Å². The standard InChI is InChI=1S/C12H11ClN4OS/c13-7-1-2-11-8(5-7)9(3-4-19-11)15-12(18)10-6-14-17-16-10/h1-2,5-6,9H,3-4H2,(H,15,18)(H,14,16,17). The van der Waals surface area contributed by atoms with Gasteiger partial charge in [0, 0.05) is 15.7 Å². The molecule has 5 nitrogen and oxygen atoms in total. The molecule has 1 aromatic heterocycles. The Labute approximate surface area is 119 Å². The fraction of sp³-hybridized carbons (Fsp3) is 0.250. The molecule has 0 saturated carbocycles. The Morgan fingerprint density at radius 2 is 2.42 bits per heavy atom. The number of nitrogens with zero attached hydrogens (tertiary/aromatic N) is 2. The lowest BCUT2D eigenvalue weighted by Crippen LogP contribution is -2.30. The van der Waals surface area contributed by atoms with Gasteiger partial charge in [0.2, 0.25) is 0 Å². The highest BCUT2D eigenvalue weighted by Crippen LogP contribution is 2.37. The van der Waals surface area contributed by atoms with Crippen LogP contribution in [0.2, 0.25) is 5.02 Å². The molecule has 2 aromatic rings. The lowest BCUT2D eigenvalue weighted by molar-refractivity contribution is 0.0930. The molecule has 19 heavy (non-hydrogen) atoms. The molecule has 2 heterocycles. The number of H-pyrrole nitrogens is 1. The third kappa shape index (κ3) is 2.59. The minimum Gasteiger partial charge on any atom is -0.344 e. The van der Waals surface area contributed by atoms with Gasteiger partial charge in [0.25, 0.3) is 5.91 Å². The average molecular weight is 295 g/mol. The lowest BCUT2D eigenvalue weighted by Gasteiger charge is -2.25. The Hall–Kier alpha value is -1.53. The number of nitrogens with one attached hydrogen (secondary N) is 2. The summed E-state index contributed by atoms with van der Waals surface area (Å²) in [6, 6.07) is 5.75. The van der Waals surface area contributed by atoms with Crippen LogP contribution in [0.4, 0.5) is 0 Å². The summed E-state index contributed by atoms with van der Waals surface area (Å²) < 4.78 is 0. The van der Waals surface area contributed by atoms with Crippen molar-refractivity contribution in [2.24, 2.45) is 0 Å². The van der Waals surface area contributed by atoms with Gasteiger partial charge in [-0.15, -0.1) is 11.8 Å². The topological polar surface area (TPSA) is 70.7 Å². The van der Waals surface area contributed by atoms with Crippen LogP contribution in [-0.2, 0) is 0 Å². The van der Waals surface area contributed by atoms with Crippen LogP contribution in [0.25, 0.3) is 0 Å². The number of benzene rings is 1. The fourth-order valence-electron chi connectivity index (χ4n) is 2.06. The van der Waals surface area contributed by atoms with Crippen molar-refractivity contribution in [2.45, 2.75) is 17.4 Å². The van der Waals surface area contributed by atoms with Crippen LogP contribution in [0.5, 0.6) is 0 Å². The zero-order chi connectivity index (χ0) is 13.2. The molecule has 7 heteroatoms. The number of aromatic nitrogens is 3. The molecule has 3 rings (SSSR count). The van der Waals surface area contributed by atoms with E-state index in [-0.39, 0.29) is 11.9 Å². The highest BCUT2D eigenvalue weighted by Gasteiger charge is 2.23. The van der Waals surface area contributed by atoms with Crippen molar-refractivity contribution < 1.29 is 4.79 Å². The number of fused-ring (bicyclic) bond motifs is 1.